The van der Waals surface area contributed by atoms with E-state index in [0.717, 1.165) is 18.5 Å². The van der Waals surface area contributed by atoms with E-state index in [9.17, 15) is 13.6 Å². The minimum Gasteiger partial charge on any atom is -0.313 e. The van der Waals surface area contributed by atoms with E-state index in [-0.39, 0.29) is 11.3 Å². The monoisotopic (exact) mass is 283 g/mol. The SMILES string of the molecule is CCCNCc1cc(C(=O)CC)c(CC)c(C(F)F)c1. The van der Waals surface area contributed by atoms with Crippen LogP contribution in [0.15, 0.2) is 12.1 Å². The van der Waals surface area contributed by atoms with Crippen LogP contribution in [0.3, 0.4) is 0 Å². The topological polar surface area (TPSA) is 29.1 Å². The van der Waals surface area contributed by atoms with Gasteiger partial charge in [-0.05, 0) is 42.6 Å². The molecule has 0 bridgehead atoms. The first kappa shape index (κ1) is 16.8. The number of nitrogens with one attached hydrogen (secondary N) is 1. The van der Waals surface area contributed by atoms with E-state index in [0.29, 0.717) is 30.5 Å². The average Bonchev–Trinajstić information content (AvgIpc) is 2.45. The van der Waals surface area contributed by atoms with Gasteiger partial charge in [-0.3, -0.25) is 4.79 Å². The van der Waals surface area contributed by atoms with E-state index in [1.165, 1.54) is 6.07 Å². The summed E-state index contributed by atoms with van der Waals surface area (Å²) < 4.78 is 26.4. The molecule has 0 saturated carbocycles. The number of carbonyl (C=O) groups is 1. The Kier molecular flexibility index (Phi) is 6.79. The molecule has 20 heavy (non-hydrogen) atoms. The van der Waals surface area contributed by atoms with Crippen LogP contribution in [0.2, 0.25) is 0 Å². The molecule has 0 atom stereocenters. The summed E-state index contributed by atoms with van der Waals surface area (Å²) in [5, 5.41) is 3.18. The molecule has 0 heterocycles. The normalized spacial score (nSPS) is 11.1. The maximum atomic E-state index is 13.2. The molecule has 0 aliphatic heterocycles. The standard InChI is InChI=1S/C16H23F2NO/c1-4-7-19-10-11-8-13(15(20)6-3)12(5-2)14(9-11)16(17)18/h8-9,16,19H,4-7,10H2,1-3H3. The number of rotatable bonds is 8. The Labute approximate surface area is 119 Å². The van der Waals surface area contributed by atoms with Crippen LogP contribution in [0.4, 0.5) is 8.78 Å². The summed E-state index contributed by atoms with van der Waals surface area (Å²) in [4.78, 5) is 12.0. The van der Waals surface area contributed by atoms with Crippen molar-refractivity contribution in [2.45, 2.75) is 53.0 Å². The van der Waals surface area contributed by atoms with Gasteiger partial charge in [-0.1, -0.05) is 20.8 Å². The van der Waals surface area contributed by atoms with Crippen molar-refractivity contribution in [3.05, 3.63) is 34.4 Å². The quantitative estimate of drug-likeness (QED) is 0.570. The highest BCUT2D eigenvalue weighted by Gasteiger charge is 2.19. The zero-order valence-corrected chi connectivity index (χ0v) is 12.4. The first-order chi connectivity index (χ1) is 9.54. The fraction of sp³-hybridized carbons (Fsp3) is 0.562. The molecule has 0 amide bonds. The highest BCUT2D eigenvalue weighted by atomic mass is 19.3. The number of hydrogen-bond acceptors (Lipinski definition) is 2. The molecule has 1 aromatic rings. The molecule has 0 unspecified atom stereocenters. The second kappa shape index (κ2) is 8.10. The van der Waals surface area contributed by atoms with Crippen LogP contribution in [0.1, 0.15) is 67.1 Å². The molecule has 1 N–H and O–H groups in total. The predicted molar refractivity (Wildman–Crippen MR) is 77.4 cm³/mol. The van der Waals surface area contributed by atoms with E-state index in [1.54, 1.807) is 13.0 Å². The predicted octanol–water partition coefficient (Wildman–Crippen LogP) is 4.28. The fourth-order valence-electron chi connectivity index (χ4n) is 2.30. The number of Topliss-reactive ketones (excluding diaryl/α,β-unsaturated/α-hetero) is 1. The molecule has 0 aliphatic rings. The van der Waals surface area contributed by atoms with E-state index >= 15 is 0 Å². The Hall–Kier alpha value is -1.29. The largest absolute Gasteiger partial charge is 0.313 e. The molecule has 0 radical (unpaired) electrons. The third kappa shape index (κ3) is 4.10. The lowest BCUT2D eigenvalue weighted by atomic mass is 9.92. The third-order valence-electron chi connectivity index (χ3n) is 3.31. The molecule has 4 heteroatoms. The van der Waals surface area contributed by atoms with Crippen LogP contribution >= 0.6 is 0 Å². The maximum Gasteiger partial charge on any atom is 0.264 e. The number of benzene rings is 1. The molecule has 0 aliphatic carbocycles. The number of carbonyl (C=O) groups excluding carboxylic acids is 1. The van der Waals surface area contributed by atoms with Crippen LogP contribution in [0.25, 0.3) is 0 Å². The molecule has 112 valence electrons. The Morgan fingerprint density at radius 2 is 1.95 bits per heavy atom. The van der Waals surface area contributed by atoms with Crippen molar-refractivity contribution >= 4 is 5.78 Å². The van der Waals surface area contributed by atoms with Crippen LogP contribution in [0, 0.1) is 0 Å². The minimum atomic E-state index is -2.54. The van der Waals surface area contributed by atoms with Gasteiger partial charge in [-0.2, -0.15) is 0 Å². The summed E-state index contributed by atoms with van der Waals surface area (Å²) in [5.41, 5.74) is 1.70. The molecule has 0 fully saturated rings. The lowest BCUT2D eigenvalue weighted by molar-refractivity contribution is 0.0986. The second-order valence-electron chi connectivity index (χ2n) is 4.82. The lowest BCUT2D eigenvalue weighted by Crippen LogP contribution is -2.15. The van der Waals surface area contributed by atoms with Gasteiger partial charge in [0.25, 0.3) is 6.43 Å². The number of hydrogen-bond donors (Lipinski definition) is 1. The van der Waals surface area contributed by atoms with Crippen molar-refractivity contribution in [2.24, 2.45) is 0 Å². The van der Waals surface area contributed by atoms with Gasteiger partial charge in [-0.25, -0.2) is 8.78 Å². The third-order valence-corrected chi connectivity index (χ3v) is 3.31. The molecule has 0 saturated heterocycles. The van der Waals surface area contributed by atoms with Crippen molar-refractivity contribution in [3.8, 4) is 0 Å². The van der Waals surface area contributed by atoms with Gasteiger partial charge in [0.15, 0.2) is 5.78 Å². The van der Waals surface area contributed by atoms with Crippen LogP contribution in [-0.2, 0) is 13.0 Å². The smallest absolute Gasteiger partial charge is 0.264 e. The summed E-state index contributed by atoms with van der Waals surface area (Å²) >= 11 is 0. The molecular formula is C16H23F2NO. The number of ketones is 1. The Morgan fingerprint density at radius 1 is 1.25 bits per heavy atom. The van der Waals surface area contributed by atoms with Gasteiger partial charge >= 0.3 is 0 Å². The van der Waals surface area contributed by atoms with Crippen LogP contribution < -0.4 is 5.32 Å². The Bertz CT molecular complexity index is 458. The van der Waals surface area contributed by atoms with Crippen LogP contribution in [-0.4, -0.2) is 12.3 Å². The highest BCUT2D eigenvalue weighted by Crippen LogP contribution is 2.28. The zero-order chi connectivity index (χ0) is 15.1. The van der Waals surface area contributed by atoms with E-state index in [2.05, 4.69) is 5.32 Å². The summed E-state index contributed by atoms with van der Waals surface area (Å²) in [6, 6.07) is 3.29. The van der Waals surface area contributed by atoms with Crippen molar-refractivity contribution < 1.29 is 13.6 Å². The summed E-state index contributed by atoms with van der Waals surface area (Å²) in [7, 11) is 0. The van der Waals surface area contributed by atoms with Gasteiger partial charge < -0.3 is 5.32 Å². The average molecular weight is 283 g/mol. The van der Waals surface area contributed by atoms with Gasteiger partial charge in [0.1, 0.15) is 0 Å². The fourth-order valence-corrected chi connectivity index (χ4v) is 2.30. The van der Waals surface area contributed by atoms with Crippen molar-refractivity contribution in [1.29, 1.82) is 0 Å². The van der Waals surface area contributed by atoms with Gasteiger partial charge in [0, 0.05) is 24.1 Å². The minimum absolute atomic E-state index is 0.0000912. The molecule has 2 nitrogen and oxygen atoms in total. The second-order valence-corrected chi connectivity index (χ2v) is 4.82. The molecule has 1 aromatic carbocycles. The number of alkyl halides is 2. The van der Waals surface area contributed by atoms with Gasteiger partial charge in [0.2, 0.25) is 0 Å². The van der Waals surface area contributed by atoms with Crippen molar-refractivity contribution in [1.82, 2.24) is 5.32 Å². The molecule has 0 spiro atoms. The van der Waals surface area contributed by atoms with E-state index < -0.39 is 6.43 Å². The van der Waals surface area contributed by atoms with Crippen LogP contribution in [0.5, 0.6) is 0 Å². The molecule has 1 rings (SSSR count). The Balaban J connectivity index is 3.21. The lowest BCUT2D eigenvalue weighted by Gasteiger charge is -2.15. The zero-order valence-electron chi connectivity index (χ0n) is 12.4. The van der Waals surface area contributed by atoms with Crippen molar-refractivity contribution in [2.75, 3.05) is 6.54 Å². The summed E-state index contributed by atoms with van der Waals surface area (Å²) in [6.45, 7) is 6.95. The van der Waals surface area contributed by atoms with Gasteiger partial charge in [-0.15, -0.1) is 0 Å². The van der Waals surface area contributed by atoms with Crippen molar-refractivity contribution in [3.63, 3.8) is 0 Å². The summed E-state index contributed by atoms with van der Waals surface area (Å²) in [5.74, 6) is -0.0684. The molecular weight excluding hydrogens is 260 g/mol. The Morgan fingerprint density at radius 3 is 2.45 bits per heavy atom. The van der Waals surface area contributed by atoms with E-state index in [1.807, 2.05) is 13.8 Å². The summed E-state index contributed by atoms with van der Waals surface area (Å²) in [6.07, 6.45) is -0.778. The number of halogens is 2. The first-order valence-electron chi connectivity index (χ1n) is 7.22. The molecule has 0 aromatic heterocycles. The van der Waals surface area contributed by atoms with Gasteiger partial charge in [0.05, 0.1) is 0 Å². The first-order valence-corrected chi connectivity index (χ1v) is 7.22. The van der Waals surface area contributed by atoms with E-state index in [4.69, 9.17) is 0 Å². The maximum absolute atomic E-state index is 13.2. The highest BCUT2D eigenvalue weighted by molar-refractivity contribution is 5.97.